The number of alkyl halides is 2. The Bertz CT molecular complexity index is 2640. The average Bonchev–Trinajstić information content (AvgIpc) is 1.60. The summed E-state index contributed by atoms with van der Waals surface area (Å²) in [6.07, 6.45) is 32.0. The number of rotatable bonds is 12. The van der Waals surface area contributed by atoms with E-state index in [4.69, 9.17) is 42.5 Å². The molecular formula is C70H102Cl3MgNaO19. The van der Waals surface area contributed by atoms with Crippen molar-refractivity contribution < 1.29 is 133 Å². The standard InChI is InChI=1S/2C14H22O2.C14H20O2.C10H10O3.C7H10O4.C4H6O2.C3H5ClO2.C2H3ClO2.C2H5.ClH.Mg.Na/c3*1-3-13(4-2)9-14(12(15)16-13)8-10-5-6-11(14)7-10;11-8-5-10(9(12)13-8)4-6-1-2-7(10)3-6;1-5(2)7(9)11-4-6(8)10-3;1-3(2)4(5)6;1-6-3(5)2-4;3-1-2(4)5;1-2;;;/h2*10-11H,3-9H2,1-2H3;5-6,10-11H,3-4,7-9H2,1-2H3;1-2,6-7H,3-5H2;1,4H2,2-3H3;1H2,2H3,(H,5,6);2H2,1H3;1H2,(H,4,5);1H2,2H3;1H;;/q;;;;;;;;-1;;+2;+1/p-2. The van der Waals surface area contributed by atoms with Crippen LogP contribution in [0.1, 0.15) is 204 Å². The van der Waals surface area contributed by atoms with E-state index in [0.29, 0.717) is 36.0 Å². The Morgan fingerprint density at radius 1 is 0.585 bits per heavy atom. The summed E-state index contributed by atoms with van der Waals surface area (Å²) in [5.74, 6) is 0.454. The zero-order valence-corrected chi connectivity index (χ0v) is 63.5. The van der Waals surface area contributed by atoms with Gasteiger partial charge in [0.05, 0.1) is 48.3 Å². The SMILES string of the molecule is C=C(C)C(=O)OCC(=O)OC.C=C(C)C(=O)[O-].CCC1(CC)CC2(CC3C=CC2C3)C(=O)O1.CCC1(CC)CC2(CC3CCC2C3)C(=O)O1.CCC1(CC)CC2(CC3CCC2C3)C(=O)O1.COC(=O)CCl.O=C(O)CCl.O=C1CC2(CC3C=CC2C3)C(=O)O1.[CH2-]C.[Cl-].[Mg+2].[Na+]. The topological polar surface area (TPSA) is 279 Å². The fourth-order valence-corrected chi connectivity index (χ4v) is 16.5. The molecule has 19 nitrogen and oxygen atoms in total. The summed E-state index contributed by atoms with van der Waals surface area (Å²) in [4.78, 5) is 109. The number of ether oxygens (including phenoxy) is 7. The Morgan fingerprint density at radius 3 is 1.17 bits per heavy atom. The Kier molecular flexibility index (Phi) is 36.5. The second-order valence-electron chi connectivity index (χ2n) is 26.7. The number of carboxylic acids is 2. The van der Waals surface area contributed by atoms with Crippen molar-refractivity contribution in [1.82, 2.24) is 0 Å². The van der Waals surface area contributed by atoms with Gasteiger partial charge in [-0.15, -0.1) is 23.2 Å². The van der Waals surface area contributed by atoms with Crippen molar-refractivity contribution in [3.05, 3.63) is 55.5 Å². The second kappa shape index (κ2) is 38.7. The van der Waals surface area contributed by atoms with Crippen LogP contribution >= 0.6 is 23.2 Å². The zero-order chi connectivity index (χ0) is 68.5. The maximum Gasteiger partial charge on any atom is 2.00 e. The number of hydrogen-bond acceptors (Lipinski definition) is 18. The molecule has 520 valence electrons. The van der Waals surface area contributed by atoms with E-state index in [2.05, 4.69) is 105 Å². The van der Waals surface area contributed by atoms with Crippen LogP contribution in [0.4, 0.5) is 0 Å². The number of allylic oxidation sites excluding steroid dienone is 4. The molecule has 6 saturated carbocycles. The molecule has 0 aromatic heterocycles. The van der Waals surface area contributed by atoms with Crippen molar-refractivity contribution in [1.29, 1.82) is 0 Å². The van der Waals surface area contributed by atoms with Gasteiger partial charge in [-0.3, -0.25) is 33.6 Å². The smallest absolute Gasteiger partial charge is 1.00 e. The van der Waals surface area contributed by atoms with Gasteiger partial charge in [-0.2, -0.15) is 6.92 Å². The summed E-state index contributed by atoms with van der Waals surface area (Å²) in [7, 11) is 2.52. The number of fused-ring (bicyclic) bond motifs is 12. The molecule has 8 aliphatic carbocycles. The Hall–Kier alpha value is -3.50. The predicted octanol–water partition coefficient (Wildman–Crippen LogP) is 5.48. The van der Waals surface area contributed by atoms with Gasteiger partial charge in [-0.25, -0.2) is 9.59 Å². The molecule has 1 N–H and O–H groups in total. The number of carboxylic acid groups (broad SMARTS) is 2. The van der Waals surface area contributed by atoms with Crippen LogP contribution in [0.25, 0.3) is 0 Å². The Morgan fingerprint density at radius 2 is 0.947 bits per heavy atom. The van der Waals surface area contributed by atoms with Crippen LogP contribution in [-0.2, 0) is 81.1 Å². The third kappa shape index (κ3) is 20.6. The molecule has 0 aromatic carbocycles. The van der Waals surface area contributed by atoms with Crippen LogP contribution in [0, 0.1) is 75.9 Å². The fourth-order valence-electron chi connectivity index (χ4n) is 16.4. The molecule has 12 atom stereocenters. The first kappa shape index (κ1) is 88.5. The van der Waals surface area contributed by atoms with E-state index in [1.165, 1.54) is 73.0 Å². The minimum absolute atomic E-state index is 0. The Labute approximate surface area is 612 Å². The Balaban J connectivity index is 0.000000549. The summed E-state index contributed by atoms with van der Waals surface area (Å²) in [5.41, 5.74) is -0.812. The molecule has 12 aliphatic rings. The van der Waals surface area contributed by atoms with E-state index >= 15 is 0 Å². The van der Waals surface area contributed by atoms with E-state index in [1.54, 1.807) is 6.92 Å². The van der Waals surface area contributed by atoms with Gasteiger partial charge in [0.1, 0.15) is 28.6 Å². The molecule has 4 aliphatic heterocycles. The summed E-state index contributed by atoms with van der Waals surface area (Å²) in [6.45, 7) is 26.8. The van der Waals surface area contributed by atoms with Crippen molar-refractivity contribution in [2.24, 2.45) is 69.0 Å². The van der Waals surface area contributed by atoms with E-state index in [9.17, 15) is 53.1 Å². The van der Waals surface area contributed by atoms with Crippen LogP contribution in [0.15, 0.2) is 48.6 Å². The first-order valence-corrected chi connectivity index (χ1v) is 33.7. The number of cyclic esters (lactones) is 5. The van der Waals surface area contributed by atoms with Crippen LogP contribution in [0.5, 0.6) is 0 Å². The molecule has 0 aromatic rings. The van der Waals surface area contributed by atoms with Crippen LogP contribution < -0.4 is 47.1 Å². The molecule has 24 heteroatoms. The summed E-state index contributed by atoms with van der Waals surface area (Å²) < 4.78 is 34.8. The number of carbonyl (C=O) groups excluding carboxylic acids is 9. The van der Waals surface area contributed by atoms with Gasteiger partial charge >= 0.3 is 106 Å². The minimum atomic E-state index is -1.19. The van der Waals surface area contributed by atoms with Gasteiger partial charge in [0.15, 0.2) is 6.61 Å². The molecule has 4 spiro atoms. The summed E-state index contributed by atoms with van der Waals surface area (Å²) in [5, 5.41) is 17.1. The van der Waals surface area contributed by atoms with Crippen molar-refractivity contribution >= 4 is 106 Å². The monoisotopic (exact) mass is 1400 g/mol. The molecule has 8 bridgehead atoms. The van der Waals surface area contributed by atoms with Crippen LogP contribution in [0.3, 0.4) is 0 Å². The third-order valence-corrected chi connectivity index (χ3v) is 22.1. The van der Waals surface area contributed by atoms with Crippen molar-refractivity contribution in [3.63, 3.8) is 0 Å². The predicted molar refractivity (Wildman–Crippen MR) is 345 cm³/mol. The molecule has 10 fully saturated rings. The molecule has 12 unspecified atom stereocenters. The fraction of sp³-hybridized carbons (Fsp3) is 0.729. The van der Waals surface area contributed by atoms with Crippen LogP contribution in [0.2, 0.25) is 0 Å². The van der Waals surface area contributed by atoms with E-state index < -0.39 is 35.3 Å². The van der Waals surface area contributed by atoms with Crippen molar-refractivity contribution in [2.75, 3.05) is 32.6 Å². The number of halogens is 3. The van der Waals surface area contributed by atoms with Gasteiger partial charge in [-0.05, 0) is 169 Å². The van der Waals surface area contributed by atoms with Gasteiger partial charge in [0.2, 0.25) is 0 Å². The van der Waals surface area contributed by atoms with Crippen LogP contribution in [-0.4, -0.2) is 137 Å². The molecule has 94 heavy (non-hydrogen) atoms. The number of methoxy groups -OCH3 is 2. The molecule has 4 heterocycles. The number of hydrogen-bond donors (Lipinski definition) is 1. The molecule has 4 saturated heterocycles. The van der Waals surface area contributed by atoms with Gasteiger partial charge in [0.25, 0.3) is 0 Å². The minimum Gasteiger partial charge on any atom is -1.00 e. The second-order valence-corrected chi connectivity index (χ2v) is 27.2. The molecule has 0 amide bonds. The van der Waals surface area contributed by atoms with E-state index in [0.717, 1.165) is 102 Å². The van der Waals surface area contributed by atoms with Gasteiger partial charge in [0, 0.05) is 24.8 Å². The van der Waals surface area contributed by atoms with E-state index in [1.807, 2.05) is 0 Å². The van der Waals surface area contributed by atoms with Gasteiger partial charge < -0.3 is 67.5 Å². The number of carbonyl (C=O) groups is 10. The first-order valence-electron chi connectivity index (χ1n) is 32.6. The quantitative estimate of drug-likeness (QED) is 0.0370. The largest absolute Gasteiger partial charge is 2.00 e. The molecular weight excluding hydrogens is 1300 g/mol. The summed E-state index contributed by atoms with van der Waals surface area (Å²) in [6, 6.07) is 0. The maximum atomic E-state index is 12.3. The summed E-state index contributed by atoms with van der Waals surface area (Å²) >= 11 is 9.71. The zero-order valence-electron chi connectivity index (χ0n) is 57.9. The van der Waals surface area contributed by atoms with Crippen molar-refractivity contribution in [2.45, 2.75) is 220 Å². The average molecular weight is 1400 g/mol. The third-order valence-electron chi connectivity index (χ3n) is 21.7. The molecule has 0 radical (unpaired) electrons. The number of esters is 8. The first-order chi connectivity index (χ1) is 42.9. The van der Waals surface area contributed by atoms with E-state index in [-0.39, 0.29) is 163 Å². The molecule has 12 rings (SSSR count). The number of aliphatic carboxylic acids is 2. The van der Waals surface area contributed by atoms with Gasteiger partial charge in [-0.1, -0.05) is 91.8 Å². The normalized spacial score (nSPS) is 31.3. The van der Waals surface area contributed by atoms with Crippen molar-refractivity contribution in [3.8, 4) is 0 Å². The maximum absolute atomic E-state index is 12.3.